The number of carbonyl (C=O) groups is 1. The molecule has 1 saturated carbocycles. The van der Waals surface area contributed by atoms with Crippen molar-refractivity contribution in [1.82, 2.24) is 20.8 Å². The molecule has 2 N–H and O–H groups in total. The fourth-order valence-electron chi connectivity index (χ4n) is 2.36. The lowest BCUT2D eigenvalue weighted by molar-refractivity contribution is -0.120. The second-order valence-corrected chi connectivity index (χ2v) is 6.07. The number of hydrogen-bond donors (Lipinski definition) is 2. The second kappa shape index (κ2) is 8.80. The van der Waals surface area contributed by atoms with Gasteiger partial charge in [-0.3, -0.25) is 4.79 Å². The van der Waals surface area contributed by atoms with E-state index in [-0.39, 0.29) is 24.4 Å². The molecule has 1 atom stereocenters. The summed E-state index contributed by atoms with van der Waals surface area (Å²) in [5.74, 6) is 1.77. The van der Waals surface area contributed by atoms with Crippen molar-refractivity contribution >= 4 is 18.3 Å². The third kappa shape index (κ3) is 5.62. The average molecular weight is 351 g/mol. The quantitative estimate of drug-likeness (QED) is 0.763. The number of carbonyl (C=O) groups excluding carboxylic acids is 1. The molecule has 1 heterocycles. The number of aromatic nitrogens is 2. The van der Waals surface area contributed by atoms with Gasteiger partial charge in [0.15, 0.2) is 5.82 Å². The molecule has 130 valence electrons. The van der Waals surface area contributed by atoms with E-state index < -0.39 is 0 Å². The van der Waals surface area contributed by atoms with Crippen molar-refractivity contribution in [3.8, 4) is 0 Å². The molecule has 6 nitrogen and oxygen atoms in total. The second-order valence-electron chi connectivity index (χ2n) is 6.07. The van der Waals surface area contributed by atoms with Crippen LogP contribution in [-0.2, 0) is 11.2 Å². The highest BCUT2D eigenvalue weighted by atomic mass is 35.5. The van der Waals surface area contributed by atoms with E-state index in [0.29, 0.717) is 24.7 Å². The lowest BCUT2D eigenvalue weighted by atomic mass is 10.1. The van der Waals surface area contributed by atoms with Crippen molar-refractivity contribution in [1.29, 1.82) is 0 Å². The van der Waals surface area contributed by atoms with Gasteiger partial charge in [0, 0.05) is 0 Å². The van der Waals surface area contributed by atoms with Crippen LogP contribution in [-0.4, -0.2) is 29.1 Å². The number of halogens is 1. The zero-order valence-electron chi connectivity index (χ0n) is 13.7. The zero-order chi connectivity index (χ0) is 16.1. The largest absolute Gasteiger partial charge is 0.345 e. The molecular weight excluding hydrogens is 328 g/mol. The van der Waals surface area contributed by atoms with Gasteiger partial charge < -0.3 is 15.2 Å². The van der Waals surface area contributed by atoms with E-state index in [1.807, 2.05) is 37.3 Å². The highest BCUT2D eigenvalue weighted by molar-refractivity contribution is 5.85. The minimum atomic E-state index is -0.265. The topological polar surface area (TPSA) is 80.0 Å². The molecule has 7 heteroatoms. The number of amides is 1. The van der Waals surface area contributed by atoms with Crippen LogP contribution in [0.25, 0.3) is 0 Å². The first kappa shape index (κ1) is 18.4. The maximum absolute atomic E-state index is 11.9. The van der Waals surface area contributed by atoms with Crippen molar-refractivity contribution in [3.05, 3.63) is 47.6 Å². The first-order chi connectivity index (χ1) is 11.2. The van der Waals surface area contributed by atoms with Gasteiger partial charge in [-0.15, -0.1) is 12.4 Å². The summed E-state index contributed by atoms with van der Waals surface area (Å²) in [5.41, 5.74) is 1.11. The van der Waals surface area contributed by atoms with Crippen molar-refractivity contribution in [3.63, 3.8) is 0 Å². The number of hydrogen-bond acceptors (Lipinski definition) is 5. The fourth-order valence-corrected chi connectivity index (χ4v) is 2.36. The molecule has 0 radical (unpaired) electrons. The molecule has 1 aromatic carbocycles. The minimum Gasteiger partial charge on any atom is -0.345 e. The molecule has 0 aliphatic heterocycles. The predicted molar refractivity (Wildman–Crippen MR) is 92.9 cm³/mol. The van der Waals surface area contributed by atoms with Crippen molar-refractivity contribution in [2.75, 3.05) is 13.1 Å². The summed E-state index contributed by atoms with van der Waals surface area (Å²) in [5, 5.41) is 10.0. The molecule has 0 bridgehead atoms. The summed E-state index contributed by atoms with van der Waals surface area (Å²) in [6.45, 7) is 3.11. The van der Waals surface area contributed by atoms with Gasteiger partial charge in [-0.05, 0) is 37.8 Å². The maximum atomic E-state index is 11.9. The van der Waals surface area contributed by atoms with Gasteiger partial charge in [-0.1, -0.05) is 35.5 Å². The molecular formula is C17H23ClN4O2. The third-order valence-corrected chi connectivity index (χ3v) is 3.86. The Labute approximate surface area is 147 Å². The highest BCUT2D eigenvalue weighted by Crippen LogP contribution is 2.27. The van der Waals surface area contributed by atoms with E-state index in [4.69, 9.17) is 4.52 Å². The summed E-state index contributed by atoms with van der Waals surface area (Å²) in [7, 11) is 0. The average Bonchev–Trinajstić information content (AvgIpc) is 3.25. The molecule has 2 aromatic rings. The standard InChI is InChI=1S/C17H22N4O2.ClH/c1-12(19-15(22)11-18-10-14-7-8-14)17-20-16(23-21-17)9-13-5-3-2-4-6-13;/h2-6,12,14,18H,7-11H2,1H3,(H,19,22);1H. The number of nitrogens with zero attached hydrogens (tertiary/aromatic N) is 2. The Balaban J connectivity index is 0.00000208. The Morgan fingerprint density at radius 1 is 1.33 bits per heavy atom. The monoisotopic (exact) mass is 350 g/mol. The van der Waals surface area contributed by atoms with Gasteiger partial charge in [0.1, 0.15) is 0 Å². The third-order valence-electron chi connectivity index (χ3n) is 3.86. The Bertz CT molecular complexity index is 643. The molecule has 24 heavy (non-hydrogen) atoms. The van der Waals surface area contributed by atoms with Gasteiger partial charge in [0.25, 0.3) is 0 Å². The lowest BCUT2D eigenvalue weighted by Gasteiger charge is -2.10. The smallest absolute Gasteiger partial charge is 0.234 e. The van der Waals surface area contributed by atoms with Crippen molar-refractivity contribution in [2.24, 2.45) is 5.92 Å². The normalized spacial score (nSPS) is 14.7. The molecule has 0 spiro atoms. The molecule has 1 aromatic heterocycles. The summed E-state index contributed by atoms with van der Waals surface area (Å²) >= 11 is 0. The highest BCUT2D eigenvalue weighted by Gasteiger charge is 2.21. The van der Waals surface area contributed by atoms with Crippen LogP contribution < -0.4 is 10.6 Å². The molecule has 3 rings (SSSR count). The Morgan fingerprint density at radius 3 is 2.79 bits per heavy atom. The predicted octanol–water partition coefficient (Wildman–Crippen LogP) is 2.26. The fraction of sp³-hybridized carbons (Fsp3) is 0.471. The van der Waals surface area contributed by atoms with Gasteiger partial charge in [0.2, 0.25) is 11.8 Å². The zero-order valence-corrected chi connectivity index (χ0v) is 14.5. The van der Waals surface area contributed by atoms with E-state index in [1.54, 1.807) is 0 Å². The van der Waals surface area contributed by atoms with Crippen molar-refractivity contribution < 1.29 is 9.32 Å². The first-order valence-corrected chi connectivity index (χ1v) is 8.07. The molecule has 1 aliphatic rings. The van der Waals surface area contributed by atoms with E-state index in [0.717, 1.165) is 18.0 Å². The van der Waals surface area contributed by atoms with E-state index in [1.165, 1.54) is 12.8 Å². The Morgan fingerprint density at radius 2 is 2.08 bits per heavy atom. The van der Waals surface area contributed by atoms with E-state index >= 15 is 0 Å². The van der Waals surface area contributed by atoms with Crippen LogP contribution in [0.15, 0.2) is 34.9 Å². The van der Waals surface area contributed by atoms with Gasteiger partial charge in [0.05, 0.1) is 19.0 Å². The first-order valence-electron chi connectivity index (χ1n) is 8.07. The molecule has 1 fully saturated rings. The van der Waals surface area contributed by atoms with Crippen molar-refractivity contribution in [2.45, 2.75) is 32.2 Å². The lowest BCUT2D eigenvalue weighted by Crippen LogP contribution is -2.36. The Kier molecular flexibility index (Phi) is 6.75. The van der Waals surface area contributed by atoms with Gasteiger partial charge >= 0.3 is 0 Å². The summed E-state index contributed by atoms with van der Waals surface area (Å²) in [6, 6.07) is 9.69. The molecule has 1 unspecified atom stereocenters. The molecule has 1 amide bonds. The van der Waals surface area contributed by atoms with Crippen LogP contribution in [0.5, 0.6) is 0 Å². The van der Waals surface area contributed by atoms with Crippen LogP contribution in [0.1, 0.15) is 43.1 Å². The number of benzene rings is 1. The van der Waals surface area contributed by atoms with Gasteiger partial charge in [-0.25, -0.2) is 0 Å². The Hall–Kier alpha value is -1.92. The summed E-state index contributed by atoms with van der Waals surface area (Å²) in [4.78, 5) is 16.2. The van der Waals surface area contributed by atoms with Gasteiger partial charge in [-0.2, -0.15) is 4.98 Å². The van der Waals surface area contributed by atoms with Crippen LogP contribution in [0.3, 0.4) is 0 Å². The number of nitrogens with one attached hydrogen (secondary N) is 2. The van der Waals surface area contributed by atoms with Crippen LogP contribution in [0.2, 0.25) is 0 Å². The van der Waals surface area contributed by atoms with Crippen LogP contribution >= 0.6 is 12.4 Å². The minimum absolute atomic E-state index is 0. The molecule has 1 aliphatic carbocycles. The number of rotatable bonds is 8. The maximum Gasteiger partial charge on any atom is 0.234 e. The summed E-state index contributed by atoms with van der Waals surface area (Å²) < 4.78 is 5.26. The summed E-state index contributed by atoms with van der Waals surface area (Å²) in [6.07, 6.45) is 3.15. The van der Waals surface area contributed by atoms with Crippen LogP contribution in [0.4, 0.5) is 0 Å². The SMILES string of the molecule is CC(NC(=O)CNCC1CC1)c1noc(Cc2ccccc2)n1.Cl. The van der Waals surface area contributed by atoms with Crippen LogP contribution in [0, 0.1) is 5.92 Å². The van der Waals surface area contributed by atoms with E-state index in [9.17, 15) is 4.79 Å². The molecule has 0 saturated heterocycles. The van der Waals surface area contributed by atoms with E-state index in [2.05, 4.69) is 20.8 Å².